The average Bonchev–Trinajstić information content (AvgIpc) is 2.29. The second-order valence-corrected chi connectivity index (χ2v) is 4.55. The van der Waals surface area contributed by atoms with Gasteiger partial charge >= 0.3 is 0 Å². The van der Waals surface area contributed by atoms with E-state index >= 15 is 0 Å². The quantitative estimate of drug-likeness (QED) is 0.789. The zero-order valence-corrected chi connectivity index (χ0v) is 10.9. The number of rotatable bonds is 7. The first-order valence-electron chi connectivity index (χ1n) is 6.06. The fourth-order valence-electron chi connectivity index (χ4n) is 1.51. The van der Waals surface area contributed by atoms with Crippen LogP contribution in [0.1, 0.15) is 20.3 Å². The molecule has 0 aliphatic carbocycles. The molecule has 1 aromatic rings. The van der Waals surface area contributed by atoms with E-state index in [-0.39, 0.29) is 5.56 Å². The molecule has 1 aromatic heterocycles. The minimum absolute atomic E-state index is 0.0106. The first kappa shape index (κ1) is 13.8. The van der Waals surface area contributed by atoms with Crippen LogP contribution in [0.15, 0.2) is 23.1 Å². The van der Waals surface area contributed by atoms with Crippen molar-refractivity contribution in [3.8, 4) is 0 Å². The zero-order valence-electron chi connectivity index (χ0n) is 10.9. The second-order valence-electron chi connectivity index (χ2n) is 4.55. The van der Waals surface area contributed by atoms with Gasteiger partial charge in [-0.3, -0.25) is 4.79 Å². The lowest BCUT2D eigenvalue weighted by molar-refractivity contribution is 0.186. The molecule has 4 nitrogen and oxygen atoms in total. The van der Waals surface area contributed by atoms with Crippen molar-refractivity contribution < 1.29 is 4.74 Å². The lowest BCUT2D eigenvalue weighted by Gasteiger charge is -2.11. The van der Waals surface area contributed by atoms with Crippen molar-refractivity contribution in [3.05, 3.63) is 28.7 Å². The number of hydrogen-bond donors (Lipinski definition) is 1. The third kappa shape index (κ3) is 5.04. The van der Waals surface area contributed by atoms with Gasteiger partial charge in [-0.2, -0.15) is 0 Å². The van der Waals surface area contributed by atoms with Crippen molar-refractivity contribution in [1.29, 1.82) is 0 Å². The molecule has 0 fully saturated rings. The smallest absolute Gasteiger partial charge is 0.250 e. The lowest BCUT2D eigenvalue weighted by Crippen LogP contribution is -2.21. The van der Waals surface area contributed by atoms with Crippen molar-refractivity contribution in [2.45, 2.75) is 26.8 Å². The van der Waals surface area contributed by atoms with Crippen molar-refractivity contribution in [2.24, 2.45) is 5.92 Å². The van der Waals surface area contributed by atoms with Gasteiger partial charge in [0.1, 0.15) is 0 Å². The standard InChI is InChI=1S/C13H22N2O2/c1-11(2)6-7-14-12-4-5-13(16)15(10-12)8-9-17-3/h4-5,10-11,14H,6-9H2,1-3H3. The predicted molar refractivity (Wildman–Crippen MR) is 70.5 cm³/mol. The summed E-state index contributed by atoms with van der Waals surface area (Å²) in [5.41, 5.74) is 0.998. The normalized spacial score (nSPS) is 10.8. The van der Waals surface area contributed by atoms with Gasteiger partial charge in [0.15, 0.2) is 0 Å². The number of ether oxygens (including phenoxy) is 1. The fraction of sp³-hybridized carbons (Fsp3) is 0.615. The number of anilines is 1. The first-order valence-corrected chi connectivity index (χ1v) is 6.06. The number of pyridine rings is 1. The molecular formula is C13H22N2O2. The maximum atomic E-state index is 11.5. The molecule has 0 radical (unpaired) electrons. The Hall–Kier alpha value is -1.29. The number of methoxy groups -OCH3 is 1. The van der Waals surface area contributed by atoms with E-state index in [1.165, 1.54) is 0 Å². The maximum absolute atomic E-state index is 11.5. The summed E-state index contributed by atoms with van der Waals surface area (Å²) in [5.74, 6) is 0.682. The van der Waals surface area contributed by atoms with E-state index in [4.69, 9.17) is 4.74 Å². The molecule has 17 heavy (non-hydrogen) atoms. The average molecular weight is 238 g/mol. The molecule has 0 saturated carbocycles. The molecule has 0 unspecified atom stereocenters. The van der Waals surface area contributed by atoms with E-state index in [0.717, 1.165) is 18.7 Å². The Bertz CT molecular complexity index is 385. The number of hydrogen-bond acceptors (Lipinski definition) is 3. The fourth-order valence-corrected chi connectivity index (χ4v) is 1.51. The van der Waals surface area contributed by atoms with E-state index in [1.807, 2.05) is 12.3 Å². The van der Waals surface area contributed by atoms with E-state index in [9.17, 15) is 4.79 Å². The molecule has 0 bridgehead atoms. The minimum atomic E-state index is 0.0106. The van der Waals surface area contributed by atoms with Gasteiger partial charge in [-0.1, -0.05) is 13.8 Å². The second kappa shape index (κ2) is 7.12. The predicted octanol–water partition coefficient (Wildman–Crippen LogP) is 1.95. The maximum Gasteiger partial charge on any atom is 0.250 e. The molecule has 0 spiro atoms. The van der Waals surface area contributed by atoms with Crippen LogP contribution in [-0.4, -0.2) is 24.8 Å². The van der Waals surface area contributed by atoms with Crippen LogP contribution >= 0.6 is 0 Å². The summed E-state index contributed by atoms with van der Waals surface area (Å²) < 4.78 is 6.64. The van der Waals surface area contributed by atoms with Gasteiger partial charge in [-0.15, -0.1) is 0 Å². The molecule has 0 aliphatic heterocycles. The molecule has 0 saturated heterocycles. The van der Waals surface area contributed by atoms with Crippen LogP contribution in [0, 0.1) is 5.92 Å². The summed E-state index contributed by atoms with van der Waals surface area (Å²) >= 11 is 0. The van der Waals surface area contributed by atoms with Crippen LogP contribution in [0.25, 0.3) is 0 Å². The molecule has 1 rings (SSSR count). The number of nitrogens with one attached hydrogen (secondary N) is 1. The van der Waals surface area contributed by atoms with Crippen LogP contribution in [0.2, 0.25) is 0 Å². The van der Waals surface area contributed by atoms with Crippen molar-refractivity contribution in [1.82, 2.24) is 4.57 Å². The third-order valence-electron chi connectivity index (χ3n) is 2.57. The van der Waals surface area contributed by atoms with Gasteiger partial charge in [-0.25, -0.2) is 0 Å². The van der Waals surface area contributed by atoms with Gasteiger partial charge in [0.2, 0.25) is 0 Å². The minimum Gasteiger partial charge on any atom is -0.384 e. The molecule has 1 N–H and O–H groups in total. The summed E-state index contributed by atoms with van der Waals surface area (Å²) in [7, 11) is 1.63. The molecule has 4 heteroatoms. The van der Waals surface area contributed by atoms with Gasteiger partial charge in [0.25, 0.3) is 5.56 Å². The van der Waals surface area contributed by atoms with Gasteiger partial charge < -0.3 is 14.6 Å². The van der Waals surface area contributed by atoms with E-state index in [2.05, 4.69) is 19.2 Å². The Morgan fingerprint density at radius 2 is 2.18 bits per heavy atom. The molecule has 0 aliphatic rings. The Morgan fingerprint density at radius 3 is 2.82 bits per heavy atom. The monoisotopic (exact) mass is 238 g/mol. The molecule has 0 atom stereocenters. The summed E-state index contributed by atoms with van der Waals surface area (Å²) in [6, 6.07) is 3.42. The summed E-state index contributed by atoms with van der Waals surface area (Å²) in [5, 5.41) is 3.32. The number of nitrogens with zero attached hydrogens (tertiary/aromatic N) is 1. The molecule has 0 aromatic carbocycles. The number of aromatic nitrogens is 1. The summed E-state index contributed by atoms with van der Waals surface area (Å²) in [6.45, 7) is 6.47. The lowest BCUT2D eigenvalue weighted by atomic mass is 10.1. The Kier molecular flexibility index (Phi) is 5.77. The molecular weight excluding hydrogens is 216 g/mol. The van der Waals surface area contributed by atoms with Crippen molar-refractivity contribution in [3.63, 3.8) is 0 Å². The molecule has 0 amide bonds. The zero-order chi connectivity index (χ0) is 12.7. The van der Waals surface area contributed by atoms with E-state index in [1.54, 1.807) is 17.7 Å². The third-order valence-corrected chi connectivity index (χ3v) is 2.57. The highest BCUT2D eigenvalue weighted by Crippen LogP contribution is 2.05. The highest BCUT2D eigenvalue weighted by Gasteiger charge is 1.99. The van der Waals surface area contributed by atoms with Crippen LogP contribution < -0.4 is 10.9 Å². The molecule has 1 heterocycles. The molecule has 96 valence electrons. The van der Waals surface area contributed by atoms with Crippen molar-refractivity contribution in [2.75, 3.05) is 25.6 Å². The van der Waals surface area contributed by atoms with Crippen LogP contribution in [0.4, 0.5) is 5.69 Å². The van der Waals surface area contributed by atoms with Crippen LogP contribution in [0.3, 0.4) is 0 Å². The highest BCUT2D eigenvalue weighted by molar-refractivity contribution is 5.40. The van der Waals surface area contributed by atoms with Gasteiger partial charge in [-0.05, 0) is 18.4 Å². The Labute approximate surface area is 103 Å². The topological polar surface area (TPSA) is 43.3 Å². The summed E-state index contributed by atoms with van der Waals surface area (Å²) in [6.07, 6.45) is 2.97. The van der Waals surface area contributed by atoms with Crippen LogP contribution in [0.5, 0.6) is 0 Å². The van der Waals surface area contributed by atoms with E-state index in [0.29, 0.717) is 19.1 Å². The van der Waals surface area contributed by atoms with Gasteiger partial charge in [0, 0.05) is 32.5 Å². The largest absolute Gasteiger partial charge is 0.384 e. The van der Waals surface area contributed by atoms with E-state index < -0.39 is 0 Å². The summed E-state index contributed by atoms with van der Waals surface area (Å²) in [4.78, 5) is 11.5. The highest BCUT2D eigenvalue weighted by atomic mass is 16.5. The first-order chi connectivity index (χ1) is 8.13. The van der Waals surface area contributed by atoms with Crippen molar-refractivity contribution >= 4 is 5.69 Å². The van der Waals surface area contributed by atoms with Crippen LogP contribution in [-0.2, 0) is 11.3 Å². The Morgan fingerprint density at radius 1 is 1.41 bits per heavy atom. The van der Waals surface area contributed by atoms with Gasteiger partial charge in [0.05, 0.1) is 12.3 Å². The Balaban J connectivity index is 2.58. The SMILES string of the molecule is COCCn1cc(NCCC(C)C)ccc1=O.